The molecule has 1 aliphatic heterocycles. The maximum Gasteiger partial charge on any atom is 0.319 e. The number of nitrogens with one attached hydrogen (secondary N) is 2. The number of hydrogen-bond donors (Lipinski definition) is 2. The molecule has 0 radical (unpaired) electrons. The van der Waals surface area contributed by atoms with Crippen LogP contribution in [0.1, 0.15) is 12.8 Å². The Morgan fingerprint density at radius 1 is 1.26 bits per heavy atom. The van der Waals surface area contributed by atoms with E-state index in [-0.39, 0.29) is 18.5 Å². The summed E-state index contributed by atoms with van der Waals surface area (Å²) in [7, 11) is 0. The number of nitrogens with zero attached hydrogens (tertiary/aromatic N) is 1. The van der Waals surface area contributed by atoms with E-state index in [9.17, 15) is 9.59 Å². The highest BCUT2D eigenvalue weighted by molar-refractivity contribution is 14.1. The summed E-state index contributed by atoms with van der Waals surface area (Å²) in [4.78, 5) is 25.2. The van der Waals surface area contributed by atoms with Crippen molar-refractivity contribution in [3.63, 3.8) is 0 Å². The summed E-state index contributed by atoms with van der Waals surface area (Å²) in [6.07, 6.45) is 2.11. The van der Waals surface area contributed by atoms with Gasteiger partial charge in [0.05, 0.1) is 6.54 Å². The summed E-state index contributed by atoms with van der Waals surface area (Å²) < 4.78 is 1.04. The number of likely N-dealkylation sites (tertiary alicyclic amines) is 1. The van der Waals surface area contributed by atoms with Gasteiger partial charge in [-0.15, -0.1) is 0 Å². The van der Waals surface area contributed by atoms with E-state index in [0.29, 0.717) is 0 Å². The molecule has 0 bridgehead atoms. The molecule has 0 unspecified atom stereocenters. The molecule has 2 rings (SSSR count). The number of hydrogen-bond acceptors (Lipinski definition) is 2. The van der Waals surface area contributed by atoms with Crippen LogP contribution < -0.4 is 10.6 Å². The average Bonchev–Trinajstić information content (AvgIpc) is 2.90. The van der Waals surface area contributed by atoms with Crippen molar-refractivity contribution in [2.24, 2.45) is 0 Å². The largest absolute Gasteiger partial charge is 0.341 e. The summed E-state index contributed by atoms with van der Waals surface area (Å²) in [6.45, 7) is 1.66. The van der Waals surface area contributed by atoms with Gasteiger partial charge in [0, 0.05) is 22.3 Å². The number of amides is 3. The first-order valence-corrected chi connectivity index (χ1v) is 7.31. The summed E-state index contributed by atoms with van der Waals surface area (Å²) >= 11 is 2.18. The third kappa shape index (κ3) is 4.38. The van der Waals surface area contributed by atoms with Gasteiger partial charge in [-0.25, -0.2) is 4.79 Å². The monoisotopic (exact) mass is 373 g/mol. The van der Waals surface area contributed by atoms with Crippen LogP contribution in [-0.2, 0) is 4.79 Å². The molecular formula is C13H16IN3O2. The molecule has 0 spiro atoms. The van der Waals surface area contributed by atoms with Gasteiger partial charge in [-0.2, -0.15) is 0 Å². The van der Waals surface area contributed by atoms with E-state index >= 15 is 0 Å². The summed E-state index contributed by atoms with van der Waals surface area (Å²) in [5.41, 5.74) is 0.720. The summed E-state index contributed by atoms with van der Waals surface area (Å²) in [5.74, 6) is -0.0182. The smallest absolute Gasteiger partial charge is 0.319 e. The molecule has 5 nitrogen and oxygen atoms in total. The van der Waals surface area contributed by atoms with Crippen molar-refractivity contribution < 1.29 is 9.59 Å². The molecule has 0 aromatic heterocycles. The quantitative estimate of drug-likeness (QED) is 0.797. The second-order valence-corrected chi connectivity index (χ2v) is 5.65. The van der Waals surface area contributed by atoms with Gasteiger partial charge < -0.3 is 15.5 Å². The highest BCUT2D eigenvalue weighted by Gasteiger charge is 2.17. The molecule has 1 saturated heterocycles. The maximum atomic E-state index is 11.7. The lowest BCUT2D eigenvalue weighted by atomic mass is 10.3. The average molecular weight is 373 g/mol. The Kier molecular flexibility index (Phi) is 5.00. The van der Waals surface area contributed by atoms with Crippen LogP contribution in [0.25, 0.3) is 0 Å². The first-order chi connectivity index (χ1) is 9.15. The standard InChI is InChI=1S/C13H16IN3O2/c14-10-4-3-5-11(8-10)16-13(19)15-9-12(18)17-6-1-2-7-17/h3-5,8H,1-2,6-7,9H2,(H2,15,16,19). The molecule has 6 heteroatoms. The van der Waals surface area contributed by atoms with E-state index in [1.165, 1.54) is 0 Å². The molecule has 3 amide bonds. The first-order valence-electron chi connectivity index (χ1n) is 6.23. The van der Waals surface area contributed by atoms with Gasteiger partial charge in [0.1, 0.15) is 0 Å². The van der Waals surface area contributed by atoms with Gasteiger partial charge in [0.2, 0.25) is 5.91 Å². The molecule has 102 valence electrons. The van der Waals surface area contributed by atoms with Gasteiger partial charge in [0.25, 0.3) is 0 Å². The lowest BCUT2D eigenvalue weighted by Crippen LogP contribution is -2.40. The van der Waals surface area contributed by atoms with Crippen LogP contribution >= 0.6 is 22.6 Å². The lowest BCUT2D eigenvalue weighted by Gasteiger charge is -2.15. The van der Waals surface area contributed by atoms with E-state index in [4.69, 9.17) is 0 Å². The highest BCUT2D eigenvalue weighted by atomic mass is 127. The molecular weight excluding hydrogens is 357 g/mol. The molecule has 0 saturated carbocycles. The van der Waals surface area contributed by atoms with Crippen LogP contribution in [0.4, 0.5) is 10.5 Å². The Hall–Kier alpha value is -1.31. The molecule has 0 atom stereocenters. The number of halogens is 1. The van der Waals surface area contributed by atoms with Crippen molar-refractivity contribution in [1.29, 1.82) is 0 Å². The van der Waals surface area contributed by atoms with Crippen LogP contribution in [0.2, 0.25) is 0 Å². The van der Waals surface area contributed by atoms with Crippen LogP contribution in [0.15, 0.2) is 24.3 Å². The lowest BCUT2D eigenvalue weighted by molar-refractivity contribution is -0.128. The molecule has 0 aliphatic carbocycles. The maximum absolute atomic E-state index is 11.7. The normalized spacial score (nSPS) is 14.3. The minimum atomic E-state index is -0.352. The van der Waals surface area contributed by atoms with Crippen LogP contribution in [0.5, 0.6) is 0 Å². The van der Waals surface area contributed by atoms with E-state index in [1.807, 2.05) is 24.3 Å². The van der Waals surface area contributed by atoms with Crippen molar-refractivity contribution in [1.82, 2.24) is 10.2 Å². The van der Waals surface area contributed by atoms with Crippen LogP contribution in [-0.4, -0.2) is 36.5 Å². The molecule has 1 fully saturated rings. The fraction of sp³-hybridized carbons (Fsp3) is 0.385. The Bertz CT molecular complexity index is 473. The van der Waals surface area contributed by atoms with Crippen molar-refractivity contribution in [3.8, 4) is 0 Å². The molecule has 2 N–H and O–H groups in total. The first kappa shape index (κ1) is 14.1. The van der Waals surface area contributed by atoms with Crippen molar-refractivity contribution >= 4 is 40.2 Å². The zero-order valence-corrected chi connectivity index (χ0v) is 12.6. The third-order valence-electron chi connectivity index (χ3n) is 2.94. The topological polar surface area (TPSA) is 61.4 Å². The second-order valence-electron chi connectivity index (χ2n) is 4.41. The molecule has 1 aromatic rings. The van der Waals surface area contributed by atoms with Gasteiger partial charge in [-0.3, -0.25) is 4.79 Å². The summed E-state index contributed by atoms with van der Waals surface area (Å²) in [5, 5.41) is 5.29. The van der Waals surface area contributed by atoms with E-state index in [1.54, 1.807) is 4.90 Å². The third-order valence-corrected chi connectivity index (χ3v) is 3.61. The Labute approximate surface area is 125 Å². The fourth-order valence-corrected chi connectivity index (χ4v) is 2.52. The van der Waals surface area contributed by atoms with Crippen molar-refractivity contribution in [3.05, 3.63) is 27.8 Å². The number of urea groups is 1. The van der Waals surface area contributed by atoms with E-state index in [0.717, 1.165) is 35.2 Å². The zero-order chi connectivity index (χ0) is 13.7. The minimum Gasteiger partial charge on any atom is -0.341 e. The second kappa shape index (κ2) is 6.74. The number of carbonyl (C=O) groups is 2. The fourth-order valence-electron chi connectivity index (χ4n) is 1.98. The Morgan fingerprint density at radius 3 is 2.68 bits per heavy atom. The Balaban J connectivity index is 1.76. The van der Waals surface area contributed by atoms with Crippen LogP contribution in [0.3, 0.4) is 0 Å². The molecule has 1 heterocycles. The molecule has 1 aliphatic rings. The predicted molar refractivity (Wildman–Crippen MR) is 82.0 cm³/mol. The van der Waals surface area contributed by atoms with Crippen LogP contribution in [0, 0.1) is 3.57 Å². The number of rotatable bonds is 3. The molecule has 1 aromatic carbocycles. The number of carbonyl (C=O) groups excluding carboxylic acids is 2. The highest BCUT2D eigenvalue weighted by Crippen LogP contribution is 2.12. The van der Waals surface area contributed by atoms with E-state index < -0.39 is 0 Å². The van der Waals surface area contributed by atoms with Gasteiger partial charge in [-0.1, -0.05) is 6.07 Å². The van der Waals surface area contributed by atoms with Crippen molar-refractivity contribution in [2.45, 2.75) is 12.8 Å². The molecule has 19 heavy (non-hydrogen) atoms. The minimum absolute atomic E-state index is 0.0182. The van der Waals surface area contributed by atoms with Crippen molar-refractivity contribution in [2.75, 3.05) is 25.0 Å². The number of anilines is 1. The van der Waals surface area contributed by atoms with Gasteiger partial charge in [-0.05, 0) is 53.6 Å². The van der Waals surface area contributed by atoms with Gasteiger partial charge >= 0.3 is 6.03 Å². The zero-order valence-electron chi connectivity index (χ0n) is 10.5. The number of benzene rings is 1. The van der Waals surface area contributed by atoms with Gasteiger partial charge in [0.15, 0.2) is 0 Å². The van der Waals surface area contributed by atoms with E-state index in [2.05, 4.69) is 33.2 Å². The Morgan fingerprint density at radius 2 is 2.00 bits per heavy atom. The summed E-state index contributed by atoms with van der Waals surface area (Å²) in [6, 6.07) is 7.13. The predicted octanol–water partition coefficient (Wildman–Crippen LogP) is 2.04. The SMILES string of the molecule is O=C(NCC(=O)N1CCCC1)Nc1cccc(I)c1.